The average molecular weight is 341 g/mol. The molecule has 6 heteroatoms. The highest BCUT2D eigenvalue weighted by Gasteiger charge is 2.18. The van der Waals surface area contributed by atoms with Crippen molar-refractivity contribution < 1.29 is 18.3 Å². The van der Waals surface area contributed by atoms with E-state index in [0.29, 0.717) is 11.0 Å². The minimum atomic E-state index is -0.689. The van der Waals surface area contributed by atoms with Gasteiger partial charge in [0.25, 0.3) is 5.91 Å². The fourth-order valence-corrected chi connectivity index (χ4v) is 2.37. The van der Waals surface area contributed by atoms with E-state index >= 15 is 0 Å². The highest BCUT2D eigenvalue weighted by molar-refractivity contribution is 5.96. The Balaban J connectivity index is 1.69. The van der Waals surface area contributed by atoms with Crippen molar-refractivity contribution in [3.05, 3.63) is 76.4 Å². The molecule has 2 aromatic carbocycles. The van der Waals surface area contributed by atoms with Crippen molar-refractivity contribution in [2.75, 3.05) is 20.2 Å². The smallest absolute Gasteiger partial charge is 0.349 e. The predicted octanol–water partition coefficient (Wildman–Crippen LogP) is 3.08. The van der Waals surface area contributed by atoms with Crippen molar-refractivity contribution in [1.29, 1.82) is 0 Å². The summed E-state index contributed by atoms with van der Waals surface area (Å²) in [7, 11) is 1.54. The van der Waals surface area contributed by atoms with E-state index in [1.807, 2.05) is 0 Å². The minimum absolute atomic E-state index is 0.0490. The molecule has 1 amide bonds. The summed E-state index contributed by atoms with van der Waals surface area (Å²) in [4.78, 5) is 25.8. The largest absolute Gasteiger partial charge is 0.489 e. The predicted molar refractivity (Wildman–Crippen MR) is 91.3 cm³/mol. The topological polar surface area (TPSA) is 59.8 Å². The van der Waals surface area contributed by atoms with Gasteiger partial charge in [0.15, 0.2) is 11.6 Å². The van der Waals surface area contributed by atoms with E-state index in [2.05, 4.69) is 0 Å². The second kappa shape index (κ2) is 7.17. The summed E-state index contributed by atoms with van der Waals surface area (Å²) in [6.07, 6.45) is 0. The zero-order valence-corrected chi connectivity index (χ0v) is 13.6. The SMILES string of the molecule is CN(CCOc1ccccc1F)C(=O)c1cc2ccccc2oc1=O. The molecule has 0 aliphatic rings. The number of benzene rings is 2. The summed E-state index contributed by atoms with van der Waals surface area (Å²) in [5.74, 6) is -0.822. The first-order valence-electron chi connectivity index (χ1n) is 7.72. The number of carbonyl (C=O) groups excluding carboxylic acids is 1. The van der Waals surface area contributed by atoms with Crippen LogP contribution in [0.2, 0.25) is 0 Å². The van der Waals surface area contributed by atoms with E-state index in [0.717, 1.165) is 0 Å². The van der Waals surface area contributed by atoms with E-state index in [9.17, 15) is 14.0 Å². The highest BCUT2D eigenvalue weighted by Crippen LogP contribution is 2.16. The number of carbonyl (C=O) groups is 1. The molecule has 0 aliphatic carbocycles. The van der Waals surface area contributed by atoms with Crippen LogP contribution in [-0.2, 0) is 0 Å². The Bertz CT molecular complexity index is 967. The molecule has 0 N–H and O–H groups in total. The number of ether oxygens (including phenoxy) is 1. The Hall–Kier alpha value is -3.15. The van der Waals surface area contributed by atoms with Gasteiger partial charge in [0.05, 0.1) is 6.54 Å². The van der Waals surface area contributed by atoms with E-state index in [4.69, 9.17) is 9.15 Å². The van der Waals surface area contributed by atoms with Crippen LogP contribution >= 0.6 is 0 Å². The summed E-state index contributed by atoms with van der Waals surface area (Å²) in [6, 6.07) is 14.5. The maximum Gasteiger partial charge on any atom is 0.349 e. The Morgan fingerprint density at radius 1 is 1.16 bits per heavy atom. The van der Waals surface area contributed by atoms with Gasteiger partial charge in [-0.3, -0.25) is 4.79 Å². The number of rotatable bonds is 5. The molecule has 0 unspecified atom stereocenters. The van der Waals surface area contributed by atoms with Gasteiger partial charge in [-0.25, -0.2) is 9.18 Å². The van der Waals surface area contributed by atoms with Crippen molar-refractivity contribution in [2.24, 2.45) is 0 Å². The molecule has 1 aromatic heterocycles. The standard InChI is InChI=1S/C19H16FNO4/c1-21(10-11-24-17-9-5-3-7-15(17)20)18(22)14-12-13-6-2-4-8-16(13)25-19(14)23/h2-9,12H,10-11H2,1H3. The summed E-state index contributed by atoms with van der Waals surface area (Å²) in [6.45, 7) is 0.293. The van der Waals surface area contributed by atoms with Gasteiger partial charge in [0, 0.05) is 12.4 Å². The molecule has 3 aromatic rings. The number of likely N-dealkylation sites (N-methyl/N-ethyl adjacent to an activating group) is 1. The van der Waals surface area contributed by atoms with E-state index in [1.165, 1.54) is 23.1 Å². The minimum Gasteiger partial charge on any atom is -0.489 e. The normalized spacial score (nSPS) is 10.6. The van der Waals surface area contributed by atoms with Gasteiger partial charge in [-0.1, -0.05) is 30.3 Å². The Morgan fingerprint density at radius 2 is 1.88 bits per heavy atom. The summed E-state index contributed by atoms with van der Waals surface area (Å²) < 4.78 is 24.0. The molecular weight excluding hydrogens is 325 g/mol. The maximum absolute atomic E-state index is 13.5. The molecule has 0 aliphatic heterocycles. The number of hydrogen-bond acceptors (Lipinski definition) is 4. The number of para-hydroxylation sites is 2. The highest BCUT2D eigenvalue weighted by atomic mass is 19.1. The van der Waals surface area contributed by atoms with Crippen LogP contribution < -0.4 is 10.4 Å². The van der Waals surface area contributed by atoms with Gasteiger partial charge in [0.1, 0.15) is 17.8 Å². The van der Waals surface area contributed by atoms with Crippen LogP contribution in [0.4, 0.5) is 4.39 Å². The average Bonchev–Trinajstić information content (AvgIpc) is 2.62. The monoisotopic (exact) mass is 341 g/mol. The zero-order valence-electron chi connectivity index (χ0n) is 13.6. The van der Waals surface area contributed by atoms with Crippen LogP contribution in [0, 0.1) is 5.82 Å². The molecule has 0 spiro atoms. The van der Waals surface area contributed by atoms with Gasteiger partial charge in [-0.15, -0.1) is 0 Å². The molecule has 0 saturated heterocycles. The molecule has 5 nitrogen and oxygen atoms in total. The molecule has 0 bridgehead atoms. The van der Waals surface area contributed by atoms with Crippen molar-refractivity contribution >= 4 is 16.9 Å². The zero-order chi connectivity index (χ0) is 17.8. The number of amides is 1. The fourth-order valence-electron chi connectivity index (χ4n) is 2.37. The van der Waals surface area contributed by atoms with Crippen LogP contribution in [0.15, 0.2) is 63.8 Å². The molecule has 0 radical (unpaired) electrons. The molecule has 0 saturated carbocycles. The molecule has 25 heavy (non-hydrogen) atoms. The third kappa shape index (κ3) is 3.68. The lowest BCUT2D eigenvalue weighted by atomic mass is 10.1. The molecular formula is C19H16FNO4. The Morgan fingerprint density at radius 3 is 2.68 bits per heavy atom. The van der Waals surface area contributed by atoms with Gasteiger partial charge in [-0.05, 0) is 24.3 Å². The molecule has 1 heterocycles. The van der Waals surface area contributed by atoms with Crippen molar-refractivity contribution in [3.8, 4) is 5.75 Å². The van der Waals surface area contributed by atoms with Gasteiger partial charge >= 0.3 is 5.63 Å². The first-order chi connectivity index (χ1) is 12.1. The summed E-state index contributed by atoms with van der Waals surface area (Å²) >= 11 is 0. The summed E-state index contributed by atoms with van der Waals surface area (Å²) in [5, 5.41) is 0.668. The first kappa shape index (κ1) is 16.7. The van der Waals surface area contributed by atoms with Crippen LogP contribution in [0.1, 0.15) is 10.4 Å². The van der Waals surface area contributed by atoms with Crippen LogP contribution in [0.3, 0.4) is 0 Å². The molecule has 3 rings (SSSR count). The molecule has 0 atom stereocenters. The molecule has 0 fully saturated rings. The van der Waals surface area contributed by atoms with Gasteiger partial charge < -0.3 is 14.1 Å². The third-order valence-electron chi connectivity index (χ3n) is 3.74. The van der Waals surface area contributed by atoms with E-state index < -0.39 is 17.3 Å². The lowest BCUT2D eigenvalue weighted by Crippen LogP contribution is -2.33. The lowest BCUT2D eigenvalue weighted by molar-refractivity contribution is 0.0769. The number of halogens is 1. The van der Waals surface area contributed by atoms with Crippen molar-refractivity contribution in [2.45, 2.75) is 0 Å². The fraction of sp³-hybridized carbons (Fsp3) is 0.158. The third-order valence-corrected chi connectivity index (χ3v) is 3.74. The number of nitrogens with zero attached hydrogens (tertiary/aromatic N) is 1. The van der Waals surface area contributed by atoms with Crippen LogP contribution in [0.25, 0.3) is 11.0 Å². The Kier molecular flexibility index (Phi) is 4.79. The number of fused-ring (bicyclic) bond motifs is 1. The van der Waals surface area contributed by atoms with Crippen molar-refractivity contribution in [3.63, 3.8) is 0 Å². The van der Waals surface area contributed by atoms with Crippen LogP contribution in [-0.4, -0.2) is 31.0 Å². The first-order valence-corrected chi connectivity index (χ1v) is 7.72. The van der Waals surface area contributed by atoms with E-state index in [-0.39, 0.29) is 24.5 Å². The maximum atomic E-state index is 13.5. The molecule has 128 valence electrons. The van der Waals surface area contributed by atoms with Crippen molar-refractivity contribution in [1.82, 2.24) is 4.90 Å². The number of hydrogen-bond donors (Lipinski definition) is 0. The second-order valence-electron chi connectivity index (χ2n) is 5.49. The lowest BCUT2D eigenvalue weighted by Gasteiger charge is -2.17. The summed E-state index contributed by atoms with van der Waals surface area (Å²) in [5.41, 5.74) is -0.313. The van der Waals surface area contributed by atoms with Crippen LogP contribution in [0.5, 0.6) is 5.75 Å². The van der Waals surface area contributed by atoms with Gasteiger partial charge in [-0.2, -0.15) is 0 Å². The Labute approximate surface area is 143 Å². The van der Waals surface area contributed by atoms with E-state index in [1.54, 1.807) is 43.4 Å². The quantitative estimate of drug-likeness (QED) is 0.669. The van der Waals surface area contributed by atoms with Gasteiger partial charge in [0.2, 0.25) is 0 Å². The second-order valence-corrected chi connectivity index (χ2v) is 5.49.